The molecule has 0 bridgehead atoms. The number of carbonyl (C=O) groups is 1. The maximum atomic E-state index is 13.3. The Bertz CT molecular complexity index is 831. The van der Waals surface area contributed by atoms with Crippen molar-refractivity contribution in [3.05, 3.63) is 41.6 Å². The lowest BCUT2D eigenvalue weighted by atomic mass is 10.2. The predicted molar refractivity (Wildman–Crippen MR) is 101 cm³/mol. The molecule has 2 aliphatic rings. The van der Waals surface area contributed by atoms with Gasteiger partial charge in [0.2, 0.25) is 5.95 Å². The molecule has 0 spiro atoms. The zero-order valence-electron chi connectivity index (χ0n) is 15.4. The molecule has 0 N–H and O–H groups in total. The minimum absolute atomic E-state index is 0.190. The van der Waals surface area contributed by atoms with E-state index in [2.05, 4.69) is 19.8 Å². The van der Waals surface area contributed by atoms with Gasteiger partial charge in [-0.3, -0.25) is 9.78 Å². The summed E-state index contributed by atoms with van der Waals surface area (Å²) < 4.78 is 13.3. The lowest BCUT2D eigenvalue weighted by Gasteiger charge is -2.35. The molecule has 0 saturated carbocycles. The normalized spacial score (nSPS) is 17.5. The molecule has 2 aliphatic heterocycles. The molecule has 2 aromatic heterocycles. The highest BCUT2D eigenvalue weighted by atomic mass is 19.1. The Balaban J connectivity index is 1.44. The number of piperazine rings is 1. The number of hydrogen-bond acceptors (Lipinski definition) is 6. The Hall–Kier alpha value is -2.77. The van der Waals surface area contributed by atoms with E-state index in [0.717, 1.165) is 36.7 Å². The number of pyridine rings is 1. The minimum Gasteiger partial charge on any atom is -0.356 e. The summed E-state index contributed by atoms with van der Waals surface area (Å²) in [6.07, 6.45) is 4.91. The Morgan fingerprint density at radius 2 is 1.70 bits per heavy atom. The van der Waals surface area contributed by atoms with Gasteiger partial charge in [0, 0.05) is 57.2 Å². The van der Waals surface area contributed by atoms with E-state index in [4.69, 9.17) is 4.98 Å². The number of rotatable bonds is 3. The number of aromatic nitrogens is 3. The summed E-state index contributed by atoms with van der Waals surface area (Å²) in [5.74, 6) is 1.02. The molecule has 0 unspecified atom stereocenters. The molecule has 2 fully saturated rings. The number of carbonyl (C=O) groups excluding carboxylic acids is 1. The van der Waals surface area contributed by atoms with Gasteiger partial charge < -0.3 is 14.7 Å². The van der Waals surface area contributed by atoms with Crippen LogP contribution in [0.2, 0.25) is 0 Å². The molecule has 4 heterocycles. The van der Waals surface area contributed by atoms with Gasteiger partial charge in [0.15, 0.2) is 0 Å². The third-order valence-corrected chi connectivity index (χ3v) is 5.06. The number of anilines is 2. The first-order valence-electron chi connectivity index (χ1n) is 9.35. The summed E-state index contributed by atoms with van der Waals surface area (Å²) in [4.78, 5) is 31.8. The molecular formula is C19H23FN6O. The van der Waals surface area contributed by atoms with E-state index in [1.807, 2.05) is 13.0 Å². The van der Waals surface area contributed by atoms with Gasteiger partial charge in [-0.2, -0.15) is 4.98 Å². The highest BCUT2D eigenvalue weighted by Gasteiger charge is 2.25. The van der Waals surface area contributed by atoms with Crippen LogP contribution in [0.15, 0.2) is 24.5 Å². The van der Waals surface area contributed by atoms with E-state index in [1.165, 1.54) is 25.1 Å². The van der Waals surface area contributed by atoms with Gasteiger partial charge in [-0.1, -0.05) is 0 Å². The maximum Gasteiger partial charge on any atom is 0.255 e. The van der Waals surface area contributed by atoms with Crippen LogP contribution in [0.5, 0.6) is 0 Å². The summed E-state index contributed by atoms with van der Waals surface area (Å²) in [6.45, 7) is 6.47. The molecule has 2 aromatic rings. The van der Waals surface area contributed by atoms with E-state index < -0.39 is 5.82 Å². The molecule has 0 atom stereocenters. The molecule has 2 saturated heterocycles. The zero-order chi connectivity index (χ0) is 18.8. The van der Waals surface area contributed by atoms with Crippen molar-refractivity contribution in [2.24, 2.45) is 0 Å². The number of halogens is 1. The van der Waals surface area contributed by atoms with Crippen LogP contribution >= 0.6 is 0 Å². The van der Waals surface area contributed by atoms with Crippen LogP contribution in [0.4, 0.5) is 16.2 Å². The molecule has 4 rings (SSSR count). The van der Waals surface area contributed by atoms with Gasteiger partial charge in [-0.15, -0.1) is 0 Å². The Labute approximate surface area is 157 Å². The number of nitrogens with zero attached hydrogens (tertiary/aromatic N) is 6. The van der Waals surface area contributed by atoms with Crippen molar-refractivity contribution in [1.82, 2.24) is 19.9 Å². The molecule has 142 valence electrons. The van der Waals surface area contributed by atoms with Crippen LogP contribution in [-0.4, -0.2) is 65.0 Å². The van der Waals surface area contributed by atoms with Crippen LogP contribution in [0, 0.1) is 12.7 Å². The van der Waals surface area contributed by atoms with Gasteiger partial charge >= 0.3 is 0 Å². The third-order valence-electron chi connectivity index (χ3n) is 5.06. The SMILES string of the molecule is Cc1cc(N2CCCC2)nc(N2CCN(C(=O)c3cncc(F)c3)CC2)n1. The highest BCUT2D eigenvalue weighted by Crippen LogP contribution is 2.22. The van der Waals surface area contributed by atoms with Crippen LogP contribution in [0.3, 0.4) is 0 Å². The quantitative estimate of drug-likeness (QED) is 0.822. The van der Waals surface area contributed by atoms with Gasteiger partial charge in [-0.25, -0.2) is 9.37 Å². The van der Waals surface area contributed by atoms with Crippen LogP contribution < -0.4 is 9.80 Å². The third kappa shape index (κ3) is 3.84. The molecule has 27 heavy (non-hydrogen) atoms. The van der Waals surface area contributed by atoms with Crippen molar-refractivity contribution in [3.8, 4) is 0 Å². The van der Waals surface area contributed by atoms with Crippen molar-refractivity contribution in [2.45, 2.75) is 19.8 Å². The summed E-state index contributed by atoms with van der Waals surface area (Å²) in [7, 11) is 0. The van der Waals surface area contributed by atoms with Crippen molar-refractivity contribution < 1.29 is 9.18 Å². The predicted octanol–water partition coefficient (Wildman–Crippen LogP) is 1.88. The zero-order valence-corrected chi connectivity index (χ0v) is 15.4. The molecule has 7 nitrogen and oxygen atoms in total. The monoisotopic (exact) mass is 370 g/mol. The first-order valence-corrected chi connectivity index (χ1v) is 9.35. The van der Waals surface area contributed by atoms with Crippen LogP contribution in [0.1, 0.15) is 28.9 Å². The van der Waals surface area contributed by atoms with E-state index >= 15 is 0 Å². The molecular weight excluding hydrogens is 347 g/mol. The van der Waals surface area contributed by atoms with Crippen LogP contribution in [-0.2, 0) is 0 Å². The fourth-order valence-electron chi connectivity index (χ4n) is 3.61. The lowest BCUT2D eigenvalue weighted by Crippen LogP contribution is -2.49. The highest BCUT2D eigenvalue weighted by molar-refractivity contribution is 5.94. The number of hydrogen-bond donors (Lipinski definition) is 0. The average molecular weight is 370 g/mol. The smallest absolute Gasteiger partial charge is 0.255 e. The number of aryl methyl sites for hydroxylation is 1. The lowest BCUT2D eigenvalue weighted by molar-refractivity contribution is 0.0745. The largest absolute Gasteiger partial charge is 0.356 e. The standard InChI is InChI=1S/C19H23FN6O/c1-14-10-17(24-4-2-3-5-24)23-19(22-14)26-8-6-25(7-9-26)18(27)15-11-16(20)13-21-12-15/h10-13H,2-9H2,1H3. The molecule has 0 radical (unpaired) electrons. The van der Waals surface area contributed by atoms with Crippen LogP contribution in [0.25, 0.3) is 0 Å². The maximum absolute atomic E-state index is 13.3. The van der Waals surface area contributed by atoms with E-state index in [9.17, 15) is 9.18 Å². The van der Waals surface area contributed by atoms with Crippen molar-refractivity contribution in [2.75, 3.05) is 49.1 Å². The topological polar surface area (TPSA) is 65.5 Å². The second-order valence-corrected chi connectivity index (χ2v) is 7.03. The number of amides is 1. The van der Waals surface area contributed by atoms with Crippen molar-refractivity contribution >= 4 is 17.7 Å². The Morgan fingerprint density at radius 1 is 0.963 bits per heavy atom. The fraction of sp³-hybridized carbons (Fsp3) is 0.474. The summed E-state index contributed by atoms with van der Waals surface area (Å²) in [6, 6.07) is 3.26. The second kappa shape index (κ2) is 7.46. The van der Waals surface area contributed by atoms with E-state index in [0.29, 0.717) is 26.2 Å². The first-order chi connectivity index (χ1) is 13.1. The van der Waals surface area contributed by atoms with Crippen molar-refractivity contribution in [1.29, 1.82) is 0 Å². The van der Waals surface area contributed by atoms with Gasteiger partial charge in [-0.05, 0) is 25.8 Å². The van der Waals surface area contributed by atoms with E-state index in [1.54, 1.807) is 4.90 Å². The van der Waals surface area contributed by atoms with E-state index in [-0.39, 0.29) is 11.5 Å². The molecule has 0 aliphatic carbocycles. The van der Waals surface area contributed by atoms with Gasteiger partial charge in [0.1, 0.15) is 11.6 Å². The summed E-state index contributed by atoms with van der Waals surface area (Å²) >= 11 is 0. The second-order valence-electron chi connectivity index (χ2n) is 7.03. The molecule has 0 aromatic carbocycles. The van der Waals surface area contributed by atoms with Gasteiger partial charge in [0.05, 0.1) is 11.8 Å². The molecule has 1 amide bonds. The summed E-state index contributed by atoms with van der Waals surface area (Å²) in [5, 5.41) is 0. The average Bonchev–Trinajstić information content (AvgIpc) is 3.22. The van der Waals surface area contributed by atoms with Crippen molar-refractivity contribution in [3.63, 3.8) is 0 Å². The Morgan fingerprint density at radius 3 is 2.41 bits per heavy atom. The summed E-state index contributed by atoms with van der Waals surface area (Å²) in [5.41, 5.74) is 1.23. The Kier molecular flexibility index (Phi) is 4.87. The molecule has 8 heteroatoms. The minimum atomic E-state index is -0.498. The van der Waals surface area contributed by atoms with Gasteiger partial charge in [0.25, 0.3) is 5.91 Å². The first kappa shape index (κ1) is 17.6. The fourth-order valence-corrected chi connectivity index (χ4v) is 3.61.